The number of nitrogens with zero attached hydrogens (tertiary/aromatic N) is 1. The van der Waals surface area contributed by atoms with E-state index in [2.05, 4.69) is 15.9 Å². The first kappa shape index (κ1) is 24.0. The third-order valence-electron chi connectivity index (χ3n) is 5.34. The normalized spacial score (nSPS) is 10.9. The minimum atomic E-state index is -0.416. The van der Waals surface area contributed by atoms with Crippen LogP contribution >= 0.6 is 27.5 Å². The molecule has 1 aromatic heterocycles. The Morgan fingerprint density at radius 2 is 1.85 bits per heavy atom. The first-order valence-corrected chi connectivity index (χ1v) is 11.9. The highest BCUT2D eigenvalue weighted by Crippen LogP contribution is 2.36. The third kappa shape index (κ3) is 5.03. The van der Waals surface area contributed by atoms with Gasteiger partial charge in [0.2, 0.25) is 0 Å². The lowest BCUT2D eigenvalue weighted by atomic mass is 10.1. The quantitative estimate of drug-likeness (QED) is 0.224. The molecule has 7 heteroatoms. The molecule has 0 amide bonds. The van der Waals surface area contributed by atoms with E-state index in [1.54, 1.807) is 31.2 Å². The van der Waals surface area contributed by atoms with Crippen molar-refractivity contribution >= 4 is 33.5 Å². The van der Waals surface area contributed by atoms with Gasteiger partial charge in [-0.1, -0.05) is 39.7 Å². The molecule has 0 saturated heterocycles. The molecule has 3 aromatic carbocycles. The van der Waals surface area contributed by atoms with Crippen LogP contribution < -0.4 is 4.74 Å². The Balaban J connectivity index is 1.75. The Hall–Kier alpha value is -3.09. The standard InChI is InChI=1S/C27H22BrClFNO3/c1-3-33-27(32)18-6-4-7-20(14-18)31-17(2)10-12-25(31)21-15-19(28)11-13-26(21)34-16-22-23(29)8-5-9-24(22)30/h4-15H,3,16H2,1-2H3. The van der Waals surface area contributed by atoms with Gasteiger partial charge < -0.3 is 14.0 Å². The number of benzene rings is 3. The highest BCUT2D eigenvalue weighted by molar-refractivity contribution is 9.10. The molecular weight excluding hydrogens is 521 g/mol. The number of aromatic nitrogens is 1. The fraction of sp³-hybridized carbons (Fsp3) is 0.148. The van der Waals surface area contributed by atoms with Crippen LogP contribution in [0.3, 0.4) is 0 Å². The van der Waals surface area contributed by atoms with E-state index in [0.717, 1.165) is 27.1 Å². The van der Waals surface area contributed by atoms with Crippen LogP contribution in [0.1, 0.15) is 28.5 Å². The second kappa shape index (κ2) is 10.5. The molecule has 0 fully saturated rings. The zero-order chi connectivity index (χ0) is 24.2. The van der Waals surface area contributed by atoms with Crippen molar-refractivity contribution in [3.05, 3.63) is 105 Å². The number of halogens is 3. The van der Waals surface area contributed by atoms with Crippen molar-refractivity contribution < 1.29 is 18.7 Å². The Kier molecular flexibility index (Phi) is 7.39. The van der Waals surface area contributed by atoms with Crippen molar-refractivity contribution in [1.29, 1.82) is 0 Å². The van der Waals surface area contributed by atoms with Gasteiger partial charge in [-0.05, 0) is 74.5 Å². The monoisotopic (exact) mass is 541 g/mol. The van der Waals surface area contributed by atoms with Crippen molar-refractivity contribution in [3.8, 4) is 22.7 Å². The largest absolute Gasteiger partial charge is 0.488 e. The molecule has 4 rings (SSSR count). The molecule has 1 heterocycles. The Morgan fingerprint density at radius 3 is 2.62 bits per heavy atom. The summed E-state index contributed by atoms with van der Waals surface area (Å²) in [5, 5.41) is 0.314. The number of rotatable bonds is 7. The summed E-state index contributed by atoms with van der Waals surface area (Å²) in [7, 11) is 0. The first-order chi connectivity index (χ1) is 16.4. The SMILES string of the molecule is CCOC(=O)c1cccc(-n2c(C)ccc2-c2cc(Br)ccc2OCc2c(F)cccc2Cl)c1. The van der Waals surface area contributed by atoms with Gasteiger partial charge in [-0.2, -0.15) is 0 Å². The summed E-state index contributed by atoms with van der Waals surface area (Å²) in [6.45, 7) is 4.05. The van der Waals surface area contributed by atoms with E-state index in [0.29, 0.717) is 28.5 Å². The molecule has 0 atom stereocenters. The van der Waals surface area contributed by atoms with Gasteiger partial charge in [0.15, 0.2) is 0 Å². The van der Waals surface area contributed by atoms with Gasteiger partial charge in [0.1, 0.15) is 18.2 Å². The molecule has 4 nitrogen and oxygen atoms in total. The molecular formula is C27H22BrClFNO3. The first-order valence-electron chi connectivity index (χ1n) is 10.7. The molecule has 34 heavy (non-hydrogen) atoms. The van der Waals surface area contributed by atoms with Crippen LogP contribution in [0, 0.1) is 12.7 Å². The molecule has 0 aliphatic rings. The second-order valence-corrected chi connectivity index (χ2v) is 8.92. The predicted octanol–water partition coefficient (Wildman–Crippen LogP) is 7.76. The van der Waals surface area contributed by atoms with E-state index in [1.165, 1.54) is 6.07 Å². The maximum absolute atomic E-state index is 14.3. The minimum Gasteiger partial charge on any atom is -0.488 e. The topological polar surface area (TPSA) is 40.5 Å². The lowest BCUT2D eigenvalue weighted by Crippen LogP contribution is -2.07. The summed E-state index contributed by atoms with van der Waals surface area (Å²) < 4.78 is 28.4. The van der Waals surface area contributed by atoms with Crippen molar-refractivity contribution in [2.24, 2.45) is 0 Å². The van der Waals surface area contributed by atoms with Crippen molar-refractivity contribution in [2.45, 2.75) is 20.5 Å². The Bertz CT molecular complexity index is 1330. The third-order valence-corrected chi connectivity index (χ3v) is 6.19. The van der Waals surface area contributed by atoms with Crippen molar-refractivity contribution in [2.75, 3.05) is 6.61 Å². The van der Waals surface area contributed by atoms with Crippen LogP contribution in [0.15, 0.2) is 77.3 Å². The average Bonchev–Trinajstić information content (AvgIpc) is 3.21. The van der Waals surface area contributed by atoms with E-state index in [1.807, 2.05) is 54.0 Å². The number of hydrogen-bond donors (Lipinski definition) is 0. The number of carbonyl (C=O) groups excluding carboxylic acids is 1. The van der Waals surface area contributed by atoms with Gasteiger partial charge in [0, 0.05) is 27.0 Å². The lowest BCUT2D eigenvalue weighted by molar-refractivity contribution is 0.0526. The van der Waals surface area contributed by atoms with Crippen LogP contribution in [0.2, 0.25) is 5.02 Å². The number of hydrogen-bond acceptors (Lipinski definition) is 3. The summed E-state index contributed by atoms with van der Waals surface area (Å²) in [5.41, 5.74) is 4.21. The zero-order valence-corrected chi connectivity index (χ0v) is 21.0. The van der Waals surface area contributed by atoms with Gasteiger partial charge in [-0.25, -0.2) is 9.18 Å². The van der Waals surface area contributed by atoms with E-state index >= 15 is 0 Å². The van der Waals surface area contributed by atoms with Crippen LogP contribution in [0.4, 0.5) is 4.39 Å². The molecule has 0 spiro atoms. The Labute approximate surface area is 211 Å². The van der Waals surface area contributed by atoms with Crippen LogP contribution in [0.25, 0.3) is 16.9 Å². The highest BCUT2D eigenvalue weighted by atomic mass is 79.9. The minimum absolute atomic E-state index is 0.0157. The van der Waals surface area contributed by atoms with Gasteiger partial charge in [0.05, 0.1) is 22.9 Å². The number of ether oxygens (including phenoxy) is 2. The van der Waals surface area contributed by atoms with Gasteiger partial charge >= 0.3 is 5.97 Å². The molecule has 0 aliphatic heterocycles. The molecule has 0 bridgehead atoms. The molecule has 0 aliphatic carbocycles. The smallest absolute Gasteiger partial charge is 0.338 e. The average molecular weight is 543 g/mol. The fourth-order valence-electron chi connectivity index (χ4n) is 3.73. The van der Waals surface area contributed by atoms with Crippen LogP contribution in [-0.4, -0.2) is 17.1 Å². The Morgan fingerprint density at radius 1 is 1.06 bits per heavy atom. The maximum atomic E-state index is 14.3. The van der Waals surface area contributed by atoms with Gasteiger partial charge in [0.25, 0.3) is 0 Å². The zero-order valence-electron chi connectivity index (χ0n) is 18.6. The molecule has 4 aromatic rings. The van der Waals surface area contributed by atoms with E-state index in [9.17, 15) is 9.18 Å². The van der Waals surface area contributed by atoms with Gasteiger partial charge in [-0.3, -0.25) is 0 Å². The van der Waals surface area contributed by atoms with Crippen molar-refractivity contribution in [3.63, 3.8) is 0 Å². The number of aryl methyl sites for hydroxylation is 1. The van der Waals surface area contributed by atoms with Gasteiger partial charge in [-0.15, -0.1) is 0 Å². The predicted molar refractivity (Wildman–Crippen MR) is 135 cm³/mol. The number of carbonyl (C=O) groups is 1. The van der Waals surface area contributed by atoms with Crippen LogP contribution in [-0.2, 0) is 11.3 Å². The summed E-state index contributed by atoms with van der Waals surface area (Å²) in [4.78, 5) is 12.3. The fourth-order valence-corrected chi connectivity index (χ4v) is 4.30. The number of esters is 1. The molecule has 0 unspecified atom stereocenters. The summed E-state index contributed by atoms with van der Waals surface area (Å²) in [6.07, 6.45) is 0. The summed E-state index contributed by atoms with van der Waals surface area (Å²) >= 11 is 9.72. The van der Waals surface area contributed by atoms with Crippen LogP contribution in [0.5, 0.6) is 5.75 Å². The summed E-state index contributed by atoms with van der Waals surface area (Å²) in [6, 6.07) is 21.4. The molecule has 174 valence electrons. The highest BCUT2D eigenvalue weighted by Gasteiger charge is 2.17. The molecule has 0 saturated carbocycles. The molecule has 0 N–H and O–H groups in total. The van der Waals surface area contributed by atoms with E-state index < -0.39 is 5.82 Å². The molecule has 0 radical (unpaired) electrons. The van der Waals surface area contributed by atoms with E-state index in [-0.39, 0.29) is 12.6 Å². The lowest BCUT2D eigenvalue weighted by Gasteiger charge is -2.17. The van der Waals surface area contributed by atoms with Crippen molar-refractivity contribution in [1.82, 2.24) is 4.57 Å². The second-order valence-electron chi connectivity index (χ2n) is 7.60. The summed E-state index contributed by atoms with van der Waals surface area (Å²) in [5.74, 6) is -0.214. The van der Waals surface area contributed by atoms with E-state index in [4.69, 9.17) is 21.1 Å². The maximum Gasteiger partial charge on any atom is 0.338 e.